The molecule has 2 amide bonds. The first-order chi connectivity index (χ1) is 21.0. The van der Waals surface area contributed by atoms with Gasteiger partial charge >= 0.3 is 0 Å². The number of aromatic nitrogens is 4. The maximum atomic E-state index is 14.1. The van der Waals surface area contributed by atoms with Crippen LogP contribution in [0.25, 0.3) is 11.0 Å². The summed E-state index contributed by atoms with van der Waals surface area (Å²) < 4.78 is 7.01. The van der Waals surface area contributed by atoms with E-state index in [1.54, 1.807) is 52.3 Å². The van der Waals surface area contributed by atoms with Crippen LogP contribution < -0.4 is 10.2 Å². The number of fused-ring (bicyclic) bond motifs is 1. The molecule has 3 aromatic carbocycles. The van der Waals surface area contributed by atoms with Crippen molar-refractivity contribution >= 4 is 45.8 Å². The number of halogens is 1. The first-order valence-electron chi connectivity index (χ1n) is 14.0. The number of ether oxygens (including phenoxy) is 1. The number of nitrogens with zero attached hydrogens (tertiary/aromatic N) is 6. The number of para-hydroxylation sites is 1. The molecule has 1 fully saturated rings. The van der Waals surface area contributed by atoms with Gasteiger partial charge in [-0.05, 0) is 65.7 Å². The molecule has 218 valence electrons. The van der Waals surface area contributed by atoms with Crippen LogP contribution in [0, 0.1) is 0 Å². The van der Waals surface area contributed by atoms with Gasteiger partial charge < -0.3 is 19.9 Å². The zero-order valence-electron chi connectivity index (χ0n) is 23.3. The van der Waals surface area contributed by atoms with Crippen molar-refractivity contribution < 1.29 is 14.3 Å². The summed E-state index contributed by atoms with van der Waals surface area (Å²) in [6.45, 7) is 3.05. The van der Waals surface area contributed by atoms with Gasteiger partial charge in [-0.1, -0.05) is 47.1 Å². The summed E-state index contributed by atoms with van der Waals surface area (Å²) in [5.41, 5.74) is 4.49. The number of hydrogen-bond acceptors (Lipinski definition) is 7. The van der Waals surface area contributed by atoms with E-state index in [4.69, 9.17) is 16.3 Å². The minimum atomic E-state index is -0.973. The standard InChI is InChI=1S/C32H30ClN7O3/c33-25-9-7-24(8-10-25)31(32(42)35-26-11-13-27(14-12-26)38-16-18-43-19-17-38)39(21-23-4-3-15-34-20-23)30(41)22-40-29-6-2-1-5-28(29)36-37-40/h1-15,20,31H,16-19,21-22H2,(H,35,42)/t31-/m1/s1. The highest BCUT2D eigenvalue weighted by molar-refractivity contribution is 6.30. The second-order valence-electron chi connectivity index (χ2n) is 10.2. The second-order valence-corrected chi connectivity index (χ2v) is 10.6. The lowest BCUT2D eigenvalue weighted by Crippen LogP contribution is -2.42. The summed E-state index contributed by atoms with van der Waals surface area (Å²) in [5, 5.41) is 12.0. The average molecular weight is 596 g/mol. The lowest BCUT2D eigenvalue weighted by Gasteiger charge is -2.32. The summed E-state index contributed by atoms with van der Waals surface area (Å²) in [7, 11) is 0. The molecule has 0 unspecified atom stereocenters. The van der Waals surface area contributed by atoms with Crippen molar-refractivity contribution in [3.63, 3.8) is 0 Å². The van der Waals surface area contributed by atoms with Crippen molar-refractivity contribution in [2.45, 2.75) is 19.1 Å². The molecule has 1 atom stereocenters. The van der Waals surface area contributed by atoms with Gasteiger partial charge in [0.05, 0.1) is 18.7 Å². The molecule has 6 rings (SSSR count). The highest BCUT2D eigenvalue weighted by Crippen LogP contribution is 2.28. The van der Waals surface area contributed by atoms with Crippen molar-refractivity contribution in [2.24, 2.45) is 0 Å². The number of carbonyl (C=O) groups excluding carboxylic acids is 2. The maximum Gasteiger partial charge on any atom is 0.251 e. The van der Waals surface area contributed by atoms with Gasteiger partial charge in [0.25, 0.3) is 5.91 Å². The molecule has 11 heteroatoms. The molecule has 0 saturated carbocycles. The third-order valence-electron chi connectivity index (χ3n) is 7.36. The average Bonchev–Trinajstić information content (AvgIpc) is 3.45. The predicted molar refractivity (Wildman–Crippen MR) is 165 cm³/mol. The van der Waals surface area contributed by atoms with Crippen LogP contribution in [0.4, 0.5) is 11.4 Å². The Morgan fingerprint density at radius 3 is 2.47 bits per heavy atom. The minimum Gasteiger partial charge on any atom is -0.378 e. The molecule has 5 aromatic rings. The van der Waals surface area contributed by atoms with Gasteiger partial charge in [-0.2, -0.15) is 0 Å². The molecule has 0 spiro atoms. The van der Waals surface area contributed by atoms with Crippen molar-refractivity contribution in [1.82, 2.24) is 24.9 Å². The van der Waals surface area contributed by atoms with E-state index in [1.807, 2.05) is 54.6 Å². The van der Waals surface area contributed by atoms with E-state index in [0.717, 1.165) is 29.9 Å². The van der Waals surface area contributed by atoms with Gasteiger partial charge in [-0.25, -0.2) is 4.68 Å². The Bertz CT molecular complexity index is 1690. The zero-order chi connectivity index (χ0) is 29.6. The van der Waals surface area contributed by atoms with E-state index >= 15 is 0 Å². The number of amides is 2. The molecule has 0 bridgehead atoms. The Morgan fingerprint density at radius 1 is 0.953 bits per heavy atom. The van der Waals surface area contributed by atoms with Crippen molar-refractivity contribution in [2.75, 3.05) is 36.5 Å². The number of morpholine rings is 1. The Hall–Kier alpha value is -4.80. The van der Waals surface area contributed by atoms with Crippen LogP contribution in [0.3, 0.4) is 0 Å². The van der Waals surface area contributed by atoms with Crippen LogP contribution in [0.5, 0.6) is 0 Å². The summed E-state index contributed by atoms with van der Waals surface area (Å²) >= 11 is 6.21. The van der Waals surface area contributed by atoms with Gasteiger partial charge in [0.15, 0.2) is 0 Å². The summed E-state index contributed by atoms with van der Waals surface area (Å²) in [5.74, 6) is -0.667. The van der Waals surface area contributed by atoms with Crippen LogP contribution in [0.15, 0.2) is 97.3 Å². The van der Waals surface area contributed by atoms with E-state index in [-0.39, 0.29) is 24.9 Å². The first kappa shape index (κ1) is 28.3. The van der Waals surface area contributed by atoms with Crippen LogP contribution in [-0.2, 0) is 27.4 Å². The quantitative estimate of drug-likeness (QED) is 0.263. The van der Waals surface area contributed by atoms with Crippen LogP contribution in [-0.4, -0.2) is 63.0 Å². The van der Waals surface area contributed by atoms with Crippen LogP contribution >= 0.6 is 11.6 Å². The van der Waals surface area contributed by atoms with E-state index in [2.05, 4.69) is 25.5 Å². The fourth-order valence-corrected chi connectivity index (χ4v) is 5.30. The van der Waals surface area contributed by atoms with E-state index in [9.17, 15) is 9.59 Å². The Balaban J connectivity index is 1.32. The fraction of sp³-hybridized carbons (Fsp3) is 0.219. The van der Waals surface area contributed by atoms with Gasteiger partial charge in [0.2, 0.25) is 5.91 Å². The molecule has 0 aliphatic carbocycles. The number of rotatable bonds is 9. The molecular formula is C32H30ClN7O3. The molecule has 1 aliphatic heterocycles. The molecule has 1 aliphatic rings. The monoisotopic (exact) mass is 595 g/mol. The lowest BCUT2D eigenvalue weighted by molar-refractivity contribution is -0.140. The van der Waals surface area contributed by atoms with Gasteiger partial charge in [-0.15, -0.1) is 5.10 Å². The number of nitrogens with one attached hydrogen (secondary N) is 1. The van der Waals surface area contributed by atoms with Gasteiger partial charge in [-0.3, -0.25) is 14.6 Å². The summed E-state index contributed by atoms with van der Waals surface area (Å²) in [4.78, 5) is 36.2. The minimum absolute atomic E-state index is 0.105. The topological polar surface area (TPSA) is 105 Å². The van der Waals surface area contributed by atoms with E-state index < -0.39 is 6.04 Å². The maximum absolute atomic E-state index is 14.1. The molecule has 1 saturated heterocycles. The number of anilines is 2. The Labute approximate surface area is 253 Å². The van der Waals surface area contributed by atoms with Crippen molar-refractivity contribution in [3.05, 3.63) is 113 Å². The Kier molecular flexibility index (Phi) is 8.57. The third kappa shape index (κ3) is 6.66. The number of hydrogen-bond donors (Lipinski definition) is 1. The highest BCUT2D eigenvalue weighted by Gasteiger charge is 2.32. The van der Waals surface area contributed by atoms with Crippen molar-refractivity contribution in [3.8, 4) is 0 Å². The number of pyridine rings is 1. The third-order valence-corrected chi connectivity index (χ3v) is 7.61. The summed E-state index contributed by atoms with van der Waals surface area (Å²) in [6, 6.07) is 24.8. The fourth-order valence-electron chi connectivity index (χ4n) is 5.17. The SMILES string of the molecule is O=C(Nc1ccc(N2CCOCC2)cc1)[C@@H](c1ccc(Cl)cc1)N(Cc1cccnc1)C(=O)Cn1nnc2ccccc21. The van der Waals surface area contributed by atoms with E-state index in [1.165, 1.54) is 0 Å². The molecular weight excluding hydrogens is 566 g/mol. The second kappa shape index (κ2) is 13.0. The molecule has 0 radical (unpaired) electrons. The number of carbonyl (C=O) groups is 2. The predicted octanol–water partition coefficient (Wildman–Crippen LogP) is 4.73. The first-order valence-corrected chi connectivity index (χ1v) is 14.4. The molecule has 43 heavy (non-hydrogen) atoms. The largest absolute Gasteiger partial charge is 0.378 e. The highest BCUT2D eigenvalue weighted by atomic mass is 35.5. The molecule has 3 heterocycles. The normalized spacial score (nSPS) is 13.9. The zero-order valence-corrected chi connectivity index (χ0v) is 24.1. The van der Waals surface area contributed by atoms with Crippen LogP contribution in [0.1, 0.15) is 17.2 Å². The van der Waals surface area contributed by atoms with Crippen LogP contribution in [0.2, 0.25) is 5.02 Å². The molecule has 2 aromatic heterocycles. The number of benzene rings is 3. The summed E-state index contributed by atoms with van der Waals surface area (Å²) in [6.07, 6.45) is 3.35. The van der Waals surface area contributed by atoms with E-state index in [0.29, 0.717) is 35.0 Å². The molecule has 1 N–H and O–H groups in total. The van der Waals surface area contributed by atoms with Crippen molar-refractivity contribution in [1.29, 1.82) is 0 Å². The smallest absolute Gasteiger partial charge is 0.251 e. The van der Waals surface area contributed by atoms with Gasteiger partial charge in [0, 0.05) is 48.4 Å². The molecule has 10 nitrogen and oxygen atoms in total. The Morgan fingerprint density at radius 2 is 1.72 bits per heavy atom. The van der Waals surface area contributed by atoms with Gasteiger partial charge in [0.1, 0.15) is 18.1 Å². The lowest BCUT2D eigenvalue weighted by atomic mass is 10.0.